The van der Waals surface area contributed by atoms with Gasteiger partial charge in [0.15, 0.2) is 0 Å². The zero-order chi connectivity index (χ0) is 11.7. The lowest BCUT2D eigenvalue weighted by molar-refractivity contribution is 0.731. The van der Waals surface area contributed by atoms with Crippen LogP contribution in [0.15, 0.2) is 30.3 Å². The van der Waals surface area contributed by atoms with Crippen LogP contribution >= 0.6 is 11.6 Å². The SMILES string of the molecule is Cc1cc(C(C)C)n(-c2ccc(Cl)cc2)n1. The molecule has 2 nitrogen and oxygen atoms in total. The lowest BCUT2D eigenvalue weighted by atomic mass is 10.1. The van der Waals surface area contributed by atoms with E-state index in [4.69, 9.17) is 11.6 Å². The second-order valence-electron chi connectivity index (χ2n) is 4.25. The molecule has 16 heavy (non-hydrogen) atoms. The predicted molar refractivity (Wildman–Crippen MR) is 67.4 cm³/mol. The Hall–Kier alpha value is -1.28. The van der Waals surface area contributed by atoms with Gasteiger partial charge in [-0.1, -0.05) is 25.4 Å². The molecule has 84 valence electrons. The monoisotopic (exact) mass is 234 g/mol. The predicted octanol–water partition coefficient (Wildman–Crippen LogP) is 3.96. The number of nitrogens with zero attached hydrogens (tertiary/aromatic N) is 2. The summed E-state index contributed by atoms with van der Waals surface area (Å²) in [4.78, 5) is 0. The van der Waals surface area contributed by atoms with Gasteiger partial charge in [0.1, 0.15) is 0 Å². The van der Waals surface area contributed by atoms with Crippen LogP contribution in [0.1, 0.15) is 31.2 Å². The highest BCUT2D eigenvalue weighted by atomic mass is 35.5. The fraction of sp³-hybridized carbons (Fsp3) is 0.308. The van der Waals surface area contributed by atoms with E-state index in [2.05, 4.69) is 25.0 Å². The molecule has 0 atom stereocenters. The van der Waals surface area contributed by atoms with Crippen molar-refractivity contribution in [1.82, 2.24) is 9.78 Å². The normalized spacial score (nSPS) is 11.1. The zero-order valence-electron chi connectivity index (χ0n) is 9.74. The molecule has 0 spiro atoms. The first-order valence-electron chi connectivity index (χ1n) is 5.40. The van der Waals surface area contributed by atoms with Gasteiger partial charge >= 0.3 is 0 Å². The highest BCUT2D eigenvalue weighted by Gasteiger charge is 2.10. The zero-order valence-corrected chi connectivity index (χ0v) is 10.5. The molecule has 0 unspecified atom stereocenters. The molecule has 1 heterocycles. The van der Waals surface area contributed by atoms with Crippen molar-refractivity contribution in [3.05, 3.63) is 46.7 Å². The lowest BCUT2D eigenvalue weighted by Gasteiger charge is -2.09. The van der Waals surface area contributed by atoms with Crippen LogP contribution in [0.3, 0.4) is 0 Å². The quantitative estimate of drug-likeness (QED) is 0.769. The van der Waals surface area contributed by atoms with E-state index in [0.29, 0.717) is 5.92 Å². The van der Waals surface area contributed by atoms with Gasteiger partial charge in [-0.15, -0.1) is 0 Å². The van der Waals surface area contributed by atoms with Crippen molar-refractivity contribution in [3.63, 3.8) is 0 Å². The molecule has 0 saturated carbocycles. The molecule has 2 rings (SSSR count). The van der Waals surface area contributed by atoms with E-state index in [-0.39, 0.29) is 0 Å². The third-order valence-electron chi connectivity index (χ3n) is 2.52. The molecule has 2 aromatic rings. The molecule has 1 aromatic carbocycles. The minimum absolute atomic E-state index is 0.455. The number of rotatable bonds is 2. The number of benzene rings is 1. The van der Waals surface area contributed by atoms with Crippen LogP contribution in [0, 0.1) is 6.92 Å². The van der Waals surface area contributed by atoms with Gasteiger partial charge in [0.05, 0.1) is 11.4 Å². The summed E-state index contributed by atoms with van der Waals surface area (Å²) in [5, 5.41) is 5.25. The Morgan fingerprint density at radius 2 is 1.81 bits per heavy atom. The second kappa shape index (κ2) is 4.30. The number of hydrogen-bond acceptors (Lipinski definition) is 1. The Kier molecular flexibility index (Phi) is 3.01. The molecule has 1 aromatic heterocycles. The fourth-order valence-corrected chi connectivity index (χ4v) is 1.85. The molecular weight excluding hydrogens is 220 g/mol. The molecule has 0 aliphatic rings. The minimum atomic E-state index is 0.455. The highest BCUT2D eigenvalue weighted by Crippen LogP contribution is 2.21. The third kappa shape index (κ3) is 2.12. The standard InChI is InChI=1S/C13H15ClN2/c1-9(2)13-8-10(3)15-16(13)12-6-4-11(14)5-7-12/h4-9H,1-3H3. The molecule has 0 bridgehead atoms. The third-order valence-corrected chi connectivity index (χ3v) is 2.77. The Morgan fingerprint density at radius 3 is 2.38 bits per heavy atom. The first-order valence-corrected chi connectivity index (χ1v) is 5.78. The van der Waals surface area contributed by atoms with Crippen LogP contribution in [0.25, 0.3) is 5.69 Å². The maximum Gasteiger partial charge on any atom is 0.0650 e. The number of aromatic nitrogens is 2. The Balaban J connectivity index is 2.50. The van der Waals surface area contributed by atoms with E-state index in [9.17, 15) is 0 Å². The van der Waals surface area contributed by atoms with Crippen LogP contribution in [0.4, 0.5) is 0 Å². The number of halogens is 1. The van der Waals surface area contributed by atoms with Crippen LogP contribution < -0.4 is 0 Å². The maximum absolute atomic E-state index is 5.88. The summed E-state index contributed by atoms with van der Waals surface area (Å²) in [7, 11) is 0. The van der Waals surface area contributed by atoms with Gasteiger partial charge in [0.25, 0.3) is 0 Å². The number of aryl methyl sites for hydroxylation is 1. The van der Waals surface area contributed by atoms with Gasteiger partial charge in [-0.25, -0.2) is 4.68 Å². The van der Waals surface area contributed by atoms with Crippen molar-refractivity contribution in [2.75, 3.05) is 0 Å². The molecule has 0 amide bonds. The average Bonchev–Trinajstić information content (AvgIpc) is 2.61. The summed E-state index contributed by atoms with van der Waals surface area (Å²) in [5.74, 6) is 0.455. The molecule has 0 radical (unpaired) electrons. The summed E-state index contributed by atoms with van der Waals surface area (Å²) in [6.45, 7) is 6.35. The topological polar surface area (TPSA) is 17.8 Å². The van der Waals surface area contributed by atoms with Gasteiger partial charge in [0, 0.05) is 10.7 Å². The molecule has 0 fully saturated rings. The molecular formula is C13H15ClN2. The highest BCUT2D eigenvalue weighted by molar-refractivity contribution is 6.30. The maximum atomic E-state index is 5.88. The number of hydrogen-bond donors (Lipinski definition) is 0. The van der Waals surface area contributed by atoms with Gasteiger partial charge in [-0.05, 0) is 43.2 Å². The molecule has 0 saturated heterocycles. The summed E-state index contributed by atoms with van der Waals surface area (Å²) in [6, 6.07) is 9.87. The van der Waals surface area contributed by atoms with Crippen molar-refractivity contribution in [3.8, 4) is 5.69 Å². The Morgan fingerprint density at radius 1 is 1.19 bits per heavy atom. The Labute approximate surface area is 101 Å². The lowest BCUT2D eigenvalue weighted by Crippen LogP contribution is -2.03. The van der Waals surface area contributed by atoms with Crippen molar-refractivity contribution in [1.29, 1.82) is 0 Å². The summed E-state index contributed by atoms with van der Waals surface area (Å²) < 4.78 is 1.98. The van der Waals surface area contributed by atoms with E-state index < -0.39 is 0 Å². The van der Waals surface area contributed by atoms with Gasteiger partial charge in [-0.3, -0.25) is 0 Å². The summed E-state index contributed by atoms with van der Waals surface area (Å²) >= 11 is 5.88. The summed E-state index contributed by atoms with van der Waals surface area (Å²) in [6.07, 6.45) is 0. The van der Waals surface area contributed by atoms with E-state index >= 15 is 0 Å². The first-order chi connectivity index (χ1) is 7.58. The van der Waals surface area contributed by atoms with Gasteiger partial charge in [0.2, 0.25) is 0 Å². The van der Waals surface area contributed by atoms with Crippen molar-refractivity contribution >= 4 is 11.6 Å². The van der Waals surface area contributed by atoms with E-state index in [1.165, 1.54) is 5.69 Å². The van der Waals surface area contributed by atoms with Crippen LogP contribution in [-0.4, -0.2) is 9.78 Å². The van der Waals surface area contributed by atoms with Crippen LogP contribution in [0.2, 0.25) is 5.02 Å². The average molecular weight is 235 g/mol. The van der Waals surface area contributed by atoms with Crippen molar-refractivity contribution in [2.45, 2.75) is 26.7 Å². The van der Waals surface area contributed by atoms with Crippen LogP contribution in [0.5, 0.6) is 0 Å². The molecule has 0 aliphatic heterocycles. The van der Waals surface area contributed by atoms with E-state index in [1.54, 1.807) is 0 Å². The van der Waals surface area contributed by atoms with Gasteiger partial charge < -0.3 is 0 Å². The molecule has 0 N–H and O–H groups in total. The molecule has 0 aliphatic carbocycles. The van der Waals surface area contributed by atoms with Crippen LogP contribution in [-0.2, 0) is 0 Å². The van der Waals surface area contributed by atoms with E-state index in [1.807, 2.05) is 35.9 Å². The van der Waals surface area contributed by atoms with Gasteiger partial charge in [-0.2, -0.15) is 5.10 Å². The molecule has 3 heteroatoms. The second-order valence-corrected chi connectivity index (χ2v) is 4.69. The fourth-order valence-electron chi connectivity index (χ4n) is 1.72. The van der Waals surface area contributed by atoms with Crippen molar-refractivity contribution < 1.29 is 0 Å². The summed E-state index contributed by atoms with van der Waals surface area (Å²) in [5.41, 5.74) is 3.32. The minimum Gasteiger partial charge on any atom is -0.237 e. The van der Waals surface area contributed by atoms with E-state index in [0.717, 1.165) is 16.4 Å². The van der Waals surface area contributed by atoms with Crippen molar-refractivity contribution in [2.24, 2.45) is 0 Å². The first kappa shape index (κ1) is 11.2. The largest absolute Gasteiger partial charge is 0.237 e. The Bertz CT molecular complexity index is 483. The smallest absolute Gasteiger partial charge is 0.0650 e.